The Hall–Kier alpha value is 0.660. The summed E-state index contributed by atoms with van der Waals surface area (Å²) in [6.07, 6.45) is 0. The second-order valence-electron chi connectivity index (χ2n) is 0.848. The fourth-order valence-electron chi connectivity index (χ4n) is 0.110. The molecule has 0 aromatic heterocycles. The topological polar surface area (TPSA) is 20.2 Å². The number of thiol groups is 1. The Morgan fingerprint density at radius 2 is 2.60 bits per heavy atom. The van der Waals surface area contributed by atoms with Crippen molar-refractivity contribution in [3.63, 3.8) is 0 Å². The Bertz CT molecular complexity index is 34.6. The van der Waals surface area contributed by atoms with Crippen molar-refractivity contribution in [2.45, 2.75) is 4.58 Å². The van der Waals surface area contributed by atoms with E-state index in [1.807, 2.05) is 0 Å². The fourth-order valence-corrected chi connectivity index (χ4v) is 0.987. The van der Waals surface area contributed by atoms with Crippen LogP contribution in [0.5, 0.6) is 0 Å². The van der Waals surface area contributed by atoms with E-state index in [0.29, 0.717) is 11.2 Å². The van der Waals surface area contributed by atoms with Crippen LogP contribution in [0.4, 0.5) is 0 Å². The molecule has 1 fully saturated rings. The number of rotatable bonds is 1. The minimum absolute atomic E-state index is 0.367. The predicted octanol–water partition coefficient (Wildman–Crippen LogP) is -0.218. The molecule has 30 valence electrons. The van der Waals surface area contributed by atoms with Gasteiger partial charge in [-0.15, -0.1) is 0 Å². The summed E-state index contributed by atoms with van der Waals surface area (Å²) >= 11 is 0. The van der Waals surface area contributed by atoms with E-state index >= 15 is 0 Å². The smallest absolute Gasteiger partial charge is 0.242 e. The highest BCUT2D eigenvalue weighted by molar-refractivity contribution is 8.82. The molecule has 1 aliphatic heterocycles. The minimum Gasteiger partial charge on any atom is -0.390 e. The zero-order valence-electron chi connectivity index (χ0n) is 2.59. The summed E-state index contributed by atoms with van der Waals surface area (Å²) in [5, 5.41) is 8.18. The highest BCUT2D eigenvalue weighted by Crippen LogP contribution is 2.33. The van der Waals surface area contributed by atoms with Gasteiger partial charge in [0, 0.05) is 0 Å². The summed E-state index contributed by atoms with van der Waals surface area (Å²) in [7, 11) is 3.15. The van der Waals surface area contributed by atoms with Crippen molar-refractivity contribution in [1.29, 1.82) is 0 Å². The number of aliphatic hydroxyl groups excluding tert-OH is 1. The first-order valence-electron chi connectivity index (χ1n) is 1.40. The molecule has 0 bridgehead atoms. The number of hydrogen-bond acceptors (Lipinski definition) is 2. The molecule has 0 radical (unpaired) electrons. The van der Waals surface area contributed by atoms with E-state index in [1.165, 1.54) is 10.8 Å². The summed E-state index contributed by atoms with van der Waals surface area (Å²) in [6.45, 7) is 0.367. The van der Waals surface area contributed by atoms with Gasteiger partial charge in [-0.25, -0.2) is 0 Å². The third-order valence-electron chi connectivity index (χ3n) is 0.411. The monoisotopic (exact) mass is 109 g/mol. The molecule has 1 N–H and O–H groups in total. The van der Waals surface area contributed by atoms with E-state index in [2.05, 4.69) is 0 Å². The standard InChI is InChI=1S/C2H4OS2/c3-1-2-4-5-2/h2-3H,1H2/p+1. The van der Waals surface area contributed by atoms with Gasteiger partial charge in [0.15, 0.2) is 10.8 Å². The van der Waals surface area contributed by atoms with Gasteiger partial charge in [-0.2, -0.15) is 0 Å². The SMILES string of the molecule is OC[C@@H]1S[SH+]1. The summed E-state index contributed by atoms with van der Waals surface area (Å²) in [6, 6.07) is 0. The Morgan fingerprint density at radius 3 is 2.60 bits per heavy atom. The van der Waals surface area contributed by atoms with E-state index in [0.717, 1.165) is 0 Å². The van der Waals surface area contributed by atoms with Crippen molar-refractivity contribution >= 4 is 21.6 Å². The van der Waals surface area contributed by atoms with Gasteiger partial charge in [0.1, 0.15) is 6.61 Å². The van der Waals surface area contributed by atoms with Crippen molar-refractivity contribution < 1.29 is 5.11 Å². The molecule has 1 aliphatic rings. The molecule has 0 aliphatic carbocycles. The second-order valence-corrected chi connectivity index (χ2v) is 4.08. The molecule has 0 spiro atoms. The lowest BCUT2D eigenvalue weighted by molar-refractivity contribution is 0.318. The van der Waals surface area contributed by atoms with Crippen LogP contribution in [0.1, 0.15) is 0 Å². The van der Waals surface area contributed by atoms with Crippen LogP contribution in [0.15, 0.2) is 0 Å². The van der Waals surface area contributed by atoms with E-state index in [9.17, 15) is 0 Å². The number of hydrogen-bond donors (Lipinski definition) is 1. The van der Waals surface area contributed by atoms with Crippen molar-refractivity contribution in [2.75, 3.05) is 6.61 Å². The van der Waals surface area contributed by atoms with Crippen LogP contribution < -0.4 is 0 Å². The molecule has 0 aromatic rings. The second kappa shape index (κ2) is 1.41. The van der Waals surface area contributed by atoms with Gasteiger partial charge in [0.2, 0.25) is 4.58 Å². The largest absolute Gasteiger partial charge is 0.390 e. The third-order valence-corrected chi connectivity index (χ3v) is 2.76. The maximum absolute atomic E-state index is 8.18. The van der Waals surface area contributed by atoms with E-state index < -0.39 is 0 Å². The summed E-state index contributed by atoms with van der Waals surface area (Å²) in [4.78, 5) is 0. The Balaban J connectivity index is 2.00. The Kier molecular flexibility index (Phi) is 1.08. The van der Waals surface area contributed by atoms with Gasteiger partial charge >= 0.3 is 0 Å². The van der Waals surface area contributed by atoms with E-state index in [4.69, 9.17) is 5.11 Å². The highest BCUT2D eigenvalue weighted by atomic mass is 33.2. The van der Waals surface area contributed by atoms with Crippen molar-refractivity contribution in [1.82, 2.24) is 0 Å². The van der Waals surface area contributed by atoms with Gasteiger partial charge in [-0.1, -0.05) is 0 Å². The Labute approximate surface area is 38.5 Å². The zero-order valence-corrected chi connectivity index (χ0v) is 4.30. The summed E-state index contributed by atoms with van der Waals surface area (Å²) in [5.41, 5.74) is 0. The van der Waals surface area contributed by atoms with Gasteiger partial charge in [0.25, 0.3) is 0 Å². The zero-order chi connectivity index (χ0) is 3.70. The first kappa shape index (κ1) is 3.84. The van der Waals surface area contributed by atoms with Crippen molar-refractivity contribution in [3.8, 4) is 0 Å². The first-order chi connectivity index (χ1) is 2.43. The lowest BCUT2D eigenvalue weighted by Crippen LogP contribution is -1.85. The maximum Gasteiger partial charge on any atom is 0.242 e. The molecule has 0 amide bonds. The van der Waals surface area contributed by atoms with Crippen LogP contribution in [-0.2, 0) is 10.8 Å². The molecule has 3 heteroatoms. The van der Waals surface area contributed by atoms with Gasteiger partial charge < -0.3 is 5.11 Å². The molecule has 5 heavy (non-hydrogen) atoms. The van der Waals surface area contributed by atoms with Gasteiger partial charge in [0.05, 0.1) is 10.8 Å². The molecule has 0 aromatic carbocycles. The molecule has 1 saturated heterocycles. The summed E-state index contributed by atoms with van der Waals surface area (Å²) < 4.78 is 0.579. The minimum atomic E-state index is 0.367. The summed E-state index contributed by atoms with van der Waals surface area (Å²) in [5.74, 6) is 0. The average Bonchev–Trinajstić information content (AvgIpc) is 2.12. The van der Waals surface area contributed by atoms with Crippen LogP contribution in [-0.4, -0.2) is 16.3 Å². The lowest BCUT2D eigenvalue weighted by Gasteiger charge is -1.61. The average molecular weight is 109 g/mol. The van der Waals surface area contributed by atoms with Crippen LogP contribution in [0.25, 0.3) is 0 Å². The van der Waals surface area contributed by atoms with Crippen LogP contribution >= 0.6 is 10.8 Å². The molecule has 0 saturated carbocycles. The van der Waals surface area contributed by atoms with Crippen LogP contribution in [0, 0.1) is 0 Å². The molecule has 1 heterocycles. The van der Waals surface area contributed by atoms with Crippen molar-refractivity contribution in [2.24, 2.45) is 0 Å². The first-order valence-corrected chi connectivity index (χ1v) is 3.85. The van der Waals surface area contributed by atoms with Crippen LogP contribution in [0.3, 0.4) is 0 Å². The molecule has 1 atom stereocenters. The van der Waals surface area contributed by atoms with Gasteiger partial charge in [-0.05, 0) is 0 Å². The fraction of sp³-hybridized carbons (Fsp3) is 1.00. The highest BCUT2D eigenvalue weighted by Gasteiger charge is 2.37. The third kappa shape index (κ3) is 1.03. The molecule has 1 nitrogen and oxygen atoms in total. The molecular formula is C2H5OS2+. The quantitative estimate of drug-likeness (QED) is 0.217. The Morgan fingerprint density at radius 1 is 2.00 bits per heavy atom. The molecular weight excluding hydrogens is 104 g/mol. The maximum atomic E-state index is 8.18. The normalized spacial score (nSPS) is 34.2. The lowest BCUT2D eigenvalue weighted by atomic mass is 10.9. The van der Waals surface area contributed by atoms with E-state index in [-0.39, 0.29) is 0 Å². The predicted molar refractivity (Wildman–Crippen MR) is 27.2 cm³/mol. The van der Waals surface area contributed by atoms with E-state index in [1.54, 1.807) is 10.8 Å². The van der Waals surface area contributed by atoms with Crippen LogP contribution in [0.2, 0.25) is 0 Å². The number of aliphatic hydroxyl groups is 1. The molecule has 0 unspecified atom stereocenters. The molecule has 1 rings (SSSR count). The van der Waals surface area contributed by atoms with Gasteiger partial charge in [-0.3, -0.25) is 0 Å². The van der Waals surface area contributed by atoms with Crippen molar-refractivity contribution in [3.05, 3.63) is 0 Å².